The Kier molecular flexibility index (Phi) is 5.15. The molecule has 2 aromatic carbocycles. The summed E-state index contributed by atoms with van der Waals surface area (Å²) in [6.07, 6.45) is 0.823. The molecule has 2 bridgehead atoms. The van der Waals surface area contributed by atoms with Crippen LogP contribution in [0.2, 0.25) is 0 Å². The third-order valence-electron chi connectivity index (χ3n) is 5.90. The molecule has 28 heavy (non-hydrogen) atoms. The number of amides is 1. The van der Waals surface area contributed by atoms with Gasteiger partial charge in [-0.15, -0.1) is 0 Å². The van der Waals surface area contributed by atoms with E-state index >= 15 is 0 Å². The van der Waals surface area contributed by atoms with Gasteiger partial charge in [-0.3, -0.25) is 4.90 Å². The second-order valence-corrected chi connectivity index (χ2v) is 9.01. The van der Waals surface area contributed by atoms with Crippen molar-refractivity contribution in [3.63, 3.8) is 0 Å². The van der Waals surface area contributed by atoms with Crippen molar-refractivity contribution in [2.24, 2.45) is 5.92 Å². The normalized spacial score (nSPS) is 26.4. The maximum Gasteiger partial charge on any atom is 0.407 e. The summed E-state index contributed by atoms with van der Waals surface area (Å²) in [6, 6.07) is 21.7. The average Bonchev–Trinajstić information content (AvgIpc) is 3.25. The van der Waals surface area contributed by atoms with Crippen molar-refractivity contribution in [2.45, 2.75) is 50.8 Å². The summed E-state index contributed by atoms with van der Waals surface area (Å²) in [5.41, 5.74) is 2.10. The Labute approximate surface area is 167 Å². The van der Waals surface area contributed by atoms with E-state index in [-0.39, 0.29) is 24.1 Å². The van der Waals surface area contributed by atoms with E-state index < -0.39 is 5.60 Å². The van der Waals surface area contributed by atoms with Crippen molar-refractivity contribution in [1.29, 1.82) is 0 Å². The van der Waals surface area contributed by atoms with Crippen LogP contribution in [-0.2, 0) is 4.74 Å². The van der Waals surface area contributed by atoms with Crippen LogP contribution in [0.4, 0.5) is 4.79 Å². The van der Waals surface area contributed by atoms with E-state index in [9.17, 15) is 4.79 Å². The molecular formula is C24H30N2O2. The first-order valence-corrected chi connectivity index (χ1v) is 10.3. The van der Waals surface area contributed by atoms with Gasteiger partial charge in [0.25, 0.3) is 0 Å². The summed E-state index contributed by atoms with van der Waals surface area (Å²) < 4.78 is 5.58. The summed E-state index contributed by atoms with van der Waals surface area (Å²) in [4.78, 5) is 15.1. The number of carbonyl (C=O) groups excluding carboxylic acids is 1. The lowest BCUT2D eigenvalue weighted by Crippen LogP contribution is -2.53. The molecule has 1 amide bonds. The summed E-state index contributed by atoms with van der Waals surface area (Å²) in [5, 5.41) is 3.23. The molecule has 0 radical (unpaired) electrons. The fraction of sp³-hybridized carbons (Fsp3) is 0.458. The predicted octanol–water partition coefficient (Wildman–Crippen LogP) is 4.42. The Morgan fingerprint density at radius 3 is 2.14 bits per heavy atom. The SMILES string of the molecule is CC(C)(C)OC(=O)N[C@@H]1[C@H]2CCN(C2)[C@@H]1C(c1ccccc1)c1ccccc1. The molecule has 4 heteroatoms. The molecular weight excluding hydrogens is 348 g/mol. The zero-order chi connectivity index (χ0) is 19.7. The second kappa shape index (κ2) is 7.59. The van der Waals surface area contributed by atoms with Crippen LogP contribution in [-0.4, -0.2) is 41.8 Å². The molecule has 1 N–H and O–H groups in total. The zero-order valence-corrected chi connectivity index (χ0v) is 17.0. The van der Waals surface area contributed by atoms with Crippen molar-refractivity contribution in [3.8, 4) is 0 Å². The maximum absolute atomic E-state index is 12.6. The predicted molar refractivity (Wildman–Crippen MR) is 111 cm³/mol. The second-order valence-electron chi connectivity index (χ2n) is 9.01. The first-order chi connectivity index (χ1) is 13.4. The molecule has 0 aromatic heterocycles. The highest BCUT2D eigenvalue weighted by molar-refractivity contribution is 5.68. The van der Waals surface area contributed by atoms with Crippen molar-refractivity contribution in [1.82, 2.24) is 10.2 Å². The quantitative estimate of drug-likeness (QED) is 0.856. The minimum Gasteiger partial charge on any atom is -0.444 e. The number of alkyl carbamates (subject to hydrolysis) is 1. The Morgan fingerprint density at radius 2 is 1.61 bits per heavy atom. The molecule has 0 aliphatic carbocycles. The third kappa shape index (κ3) is 3.93. The van der Waals surface area contributed by atoms with E-state index in [1.54, 1.807) is 0 Å². The Balaban J connectivity index is 1.67. The lowest BCUT2D eigenvalue weighted by molar-refractivity contribution is 0.0462. The lowest BCUT2D eigenvalue weighted by Gasteiger charge is -2.39. The molecule has 2 fully saturated rings. The van der Waals surface area contributed by atoms with Gasteiger partial charge in [0.05, 0.1) is 6.04 Å². The summed E-state index contributed by atoms with van der Waals surface area (Å²) in [7, 11) is 0. The van der Waals surface area contributed by atoms with Crippen LogP contribution in [0.3, 0.4) is 0 Å². The summed E-state index contributed by atoms with van der Waals surface area (Å²) >= 11 is 0. The van der Waals surface area contributed by atoms with E-state index in [0.717, 1.165) is 19.5 Å². The van der Waals surface area contributed by atoms with Crippen LogP contribution in [0.25, 0.3) is 0 Å². The molecule has 2 aliphatic rings. The van der Waals surface area contributed by atoms with Crippen LogP contribution in [0, 0.1) is 5.92 Å². The molecule has 148 valence electrons. The molecule has 4 nitrogen and oxygen atoms in total. The fourth-order valence-corrected chi connectivity index (χ4v) is 4.86. The number of hydrogen-bond acceptors (Lipinski definition) is 3. The van der Waals surface area contributed by atoms with Crippen LogP contribution in [0.1, 0.15) is 44.2 Å². The van der Waals surface area contributed by atoms with Crippen LogP contribution in [0.15, 0.2) is 60.7 Å². The lowest BCUT2D eigenvalue weighted by atomic mass is 9.78. The smallest absolute Gasteiger partial charge is 0.407 e. The third-order valence-corrected chi connectivity index (χ3v) is 5.90. The van der Waals surface area contributed by atoms with Crippen molar-refractivity contribution in [3.05, 3.63) is 71.8 Å². The number of carbonyl (C=O) groups is 1. The van der Waals surface area contributed by atoms with Gasteiger partial charge in [-0.1, -0.05) is 60.7 Å². The summed E-state index contributed by atoms with van der Waals surface area (Å²) in [5.74, 6) is 0.695. The van der Waals surface area contributed by atoms with Gasteiger partial charge in [0, 0.05) is 18.5 Å². The topological polar surface area (TPSA) is 41.6 Å². The van der Waals surface area contributed by atoms with Gasteiger partial charge in [-0.2, -0.15) is 0 Å². The highest BCUT2D eigenvalue weighted by Gasteiger charge is 2.50. The molecule has 2 aromatic rings. The molecule has 2 saturated heterocycles. The number of nitrogens with one attached hydrogen (secondary N) is 1. The number of benzene rings is 2. The standard InChI is InChI=1S/C24H30N2O2/c1-24(2,3)28-23(27)25-21-19-14-15-26(16-19)22(21)20(17-10-6-4-7-11-17)18-12-8-5-9-13-18/h4-13,19-22H,14-16H2,1-3H3,(H,25,27)/t19-,21+,22+/m0/s1. The first kappa shape index (κ1) is 19.0. The number of ether oxygens (including phenoxy) is 1. The molecule has 2 heterocycles. The highest BCUT2D eigenvalue weighted by Crippen LogP contribution is 2.43. The molecule has 1 unspecified atom stereocenters. The van der Waals surface area contributed by atoms with Crippen LogP contribution < -0.4 is 5.32 Å². The number of fused-ring (bicyclic) bond motifs is 2. The number of piperidine rings is 1. The van der Waals surface area contributed by atoms with Gasteiger partial charge in [-0.05, 0) is 50.8 Å². The monoisotopic (exact) mass is 378 g/mol. The Hall–Kier alpha value is -2.33. The van der Waals surface area contributed by atoms with Gasteiger partial charge in [0.15, 0.2) is 0 Å². The average molecular weight is 379 g/mol. The first-order valence-electron chi connectivity index (χ1n) is 10.3. The van der Waals surface area contributed by atoms with Gasteiger partial charge in [0.2, 0.25) is 0 Å². The van der Waals surface area contributed by atoms with Crippen LogP contribution >= 0.6 is 0 Å². The van der Waals surface area contributed by atoms with Gasteiger partial charge in [-0.25, -0.2) is 4.79 Å². The van der Waals surface area contributed by atoms with Crippen molar-refractivity contribution in [2.75, 3.05) is 13.1 Å². The van der Waals surface area contributed by atoms with E-state index in [1.807, 2.05) is 20.8 Å². The maximum atomic E-state index is 12.6. The Bertz CT molecular complexity index is 761. The van der Waals surface area contributed by atoms with E-state index in [2.05, 4.69) is 70.9 Å². The number of hydrogen-bond donors (Lipinski definition) is 1. The number of rotatable bonds is 4. The zero-order valence-electron chi connectivity index (χ0n) is 17.0. The van der Waals surface area contributed by atoms with Crippen molar-refractivity contribution >= 4 is 6.09 Å². The van der Waals surface area contributed by atoms with Gasteiger partial charge < -0.3 is 10.1 Å². The van der Waals surface area contributed by atoms with E-state index in [1.165, 1.54) is 11.1 Å². The minimum atomic E-state index is -0.490. The van der Waals surface area contributed by atoms with E-state index in [0.29, 0.717) is 5.92 Å². The van der Waals surface area contributed by atoms with E-state index in [4.69, 9.17) is 4.74 Å². The highest BCUT2D eigenvalue weighted by atomic mass is 16.6. The fourth-order valence-electron chi connectivity index (χ4n) is 4.86. The molecule has 0 saturated carbocycles. The molecule has 2 aliphatic heterocycles. The van der Waals surface area contributed by atoms with Gasteiger partial charge >= 0.3 is 6.09 Å². The largest absolute Gasteiger partial charge is 0.444 e. The van der Waals surface area contributed by atoms with Crippen LogP contribution in [0.5, 0.6) is 0 Å². The Morgan fingerprint density at radius 1 is 1.04 bits per heavy atom. The van der Waals surface area contributed by atoms with Gasteiger partial charge in [0.1, 0.15) is 5.60 Å². The minimum absolute atomic E-state index is 0.0917. The summed E-state index contributed by atoms with van der Waals surface area (Å²) in [6.45, 7) is 7.86. The number of nitrogens with zero attached hydrogens (tertiary/aromatic N) is 1. The molecule has 4 atom stereocenters. The van der Waals surface area contributed by atoms with Crippen molar-refractivity contribution < 1.29 is 9.53 Å². The molecule has 4 rings (SSSR count). The molecule has 0 spiro atoms.